The Kier molecular flexibility index (Phi) is 4.64. The van der Waals surface area contributed by atoms with Gasteiger partial charge in [-0.15, -0.1) is 0 Å². The van der Waals surface area contributed by atoms with E-state index in [4.69, 9.17) is 21.7 Å². The molecule has 7 rings (SSSR count). The molecule has 1 aliphatic carbocycles. The molecule has 3 saturated heterocycles. The molecular formula is C25H25N3O4S. The summed E-state index contributed by atoms with van der Waals surface area (Å²) in [6.07, 6.45) is 1.22. The first-order chi connectivity index (χ1) is 16.0. The second kappa shape index (κ2) is 7.46. The van der Waals surface area contributed by atoms with E-state index in [0.29, 0.717) is 18.1 Å². The summed E-state index contributed by atoms with van der Waals surface area (Å²) in [4.78, 5) is 16.9. The zero-order valence-electron chi connectivity index (χ0n) is 18.4. The third-order valence-electron chi connectivity index (χ3n) is 7.31. The first-order valence-electron chi connectivity index (χ1n) is 11.1. The second-order valence-corrected chi connectivity index (χ2v) is 9.42. The molecule has 0 unspecified atom stereocenters. The van der Waals surface area contributed by atoms with Crippen LogP contribution in [0, 0.1) is 5.92 Å². The number of aromatic nitrogens is 1. The minimum absolute atomic E-state index is 0.185. The summed E-state index contributed by atoms with van der Waals surface area (Å²) in [5.74, 6) is 0.0699. The maximum absolute atomic E-state index is 12.7. The fourth-order valence-corrected chi connectivity index (χ4v) is 6.23. The third-order valence-corrected chi connectivity index (χ3v) is 7.74. The number of aliphatic hydroxyl groups excluding tert-OH is 1. The Morgan fingerprint density at radius 3 is 2.67 bits per heavy atom. The number of aliphatic hydroxyl groups is 1. The molecule has 4 aliphatic rings. The highest BCUT2D eigenvalue weighted by molar-refractivity contribution is 7.80. The van der Waals surface area contributed by atoms with E-state index in [9.17, 15) is 9.90 Å². The van der Waals surface area contributed by atoms with Crippen LogP contribution in [-0.4, -0.2) is 57.1 Å². The molecule has 2 bridgehead atoms. The van der Waals surface area contributed by atoms with Crippen LogP contribution in [0.3, 0.4) is 0 Å². The molecule has 1 saturated carbocycles. The summed E-state index contributed by atoms with van der Waals surface area (Å²) >= 11 is 6.02. The number of carbonyl (C=O) groups excluding carboxylic acids is 1. The number of carbonyl (C=O) groups is 1. The lowest BCUT2D eigenvalue weighted by atomic mass is 9.74. The van der Waals surface area contributed by atoms with Crippen molar-refractivity contribution in [1.29, 1.82) is 0 Å². The van der Waals surface area contributed by atoms with Gasteiger partial charge in [0.1, 0.15) is 11.9 Å². The number of hydrogen-bond donors (Lipinski definition) is 1. The minimum Gasteiger partial charge on any atom is -0.497 e. The van der Waals surface area contributed by atoms with Crippen molar-refractivity contribution in [3.8, 4) is 5.75 Å². The summed E-state index contributed by atoms with van der Waals surface area (Å²) in [7, 11) is 3.67. The number of anilines is 1. The molecule has 8 heteroatoms. The quantitative estimate of drug-likeness (QED) is 0.471. The van der Waals surface area contributed by atoms with Crippen LogP contribution in [0.5, 0.6) is 5.75 Å². The van der Waals surface area contributed by atoms with Crippen LogP contribution in [0.25, 0.3) is 10.9 Å². The topological polar surface area (TPSA) is 67.2 Å². The predicted octanol–water partition coefficient (Wildman–Crippen LogP) is 2.84. The standard InChI is InChI=1S/C25H25N3O4S/c1-26-12-14(17-5-3-4-6-19(17)26)13-27-22-21(18-11-20(29)23(22)32-24(18)30)28(25(27)33)15-7-9-16(31-2)10-8-15/h3-10,12,18,20-23,29H,11,13H2,1-2H3/t18-,20+,21+,22-,23-/m0/s1. The molecule has 4 fully saturated rings. The Balaban J connectivity index is 1.44. The maximum Gasteiger partial charge on any atom is 0.311 e. The minimum atomic E-state index is -0.692. The first kappa shape index (κ1) is 20.5. The van der Waals surface area contributed by atoms with Crippen molar-refractivity contribution in [1.82, 2.24) is 9.47 Å². The monoisotopic (exact) mass is 463 g/mol. The van der Waals surface area contributed by atoms with Crippen molar-refractivity contribution in [2.45, 2.75) is 37.3 Å². The molecule has 0 radical (unpaired) electrons. The Morgan fingerprint density at radius 1 is 1.15 bits per heavy atom. The van der Waals surface area contributed by atoms with E-state index >= 15 is 0 Å². The van der Waals surface area contributed by atoms with Gasteiger partial charge in [-0.2, -0.15) is 0 Å². The summed E-state index contributed by atoms with van der Waals surface area (Å²) < 4.78 is 13.1. The van der Waals surface area contributed by atoms with Crippen molar-refractivity contribution in [2.75, 3.05) is 12.0 Å². The third kappa shape index (κ3) is 2.97. The SMILES string of the molecule is COc1ccc(N2C(=S)N(Cc3cn(C)c4ccccc34)[C@@H]3[C@H]4OC(=O)[C@@H](C[C@H]4O)[C@H]32)cc1. The number of esters is 1. The van der Waals surface area contributed by atoms with Gasteiger partial charge < -0.3 is 28.9 Å². The van der Waals surface area contributed by atoms with Crippen LogP contribution < -0.4 is 9.64 Å². The average molecular weight is 464 g/mol. The largest absolute Gasteiger partial charge is 0.497 e. The summed E-state index contributed by atoms with van der Waals surface area (Å²) in [5.41, 5.74) is 3.21. The first-order valence-corrected chi connectivity index (χ1v) is 11.5. The smallest absolute Gasteiger partial charge is 0.311 e. The van der Waals surface area contributed by atoms with Crippen LogP contribution in [-0.2, 0) is 23.1 Å². The van der Waals surface area contributed by atoms with E-state index in [0.717, 1.165) is 22.5 Å². The van der Waals surface area contributed by atoms with Gasteiger partial charge in [0.25, 0.3) is 0 Å². The van der Waals surface area contributed by atoms with Crippen molar-refractivity contribution in [3.05, 3.63) is 60.3 Å². The summed E-state index contributed by atoms with van der Waals surface area (Å²) in [6.45, 7) is 0.571. The van der Waals surface area contributed by atoms with E-state index in [2.05, 4.69) is 32.7 Å². The lowest BCUT2D eigenvalue weighted by Gasteiger charge is -2.49. The Labute approximate surface area is 197 Å². The molecule has 0 amide bonds. The number of aryl methyl sites for hydroxylation is 1. The van der Waals surface area contributed by atoms with Crippen molar-refractivity contribution in [3.63, 3.8) is 0 Å². The van der Waals surface area contributed by atoms with Gasteiger partial charge in [0, 0.05) is 36.4 Å². The molecule has 0 spiro atoms. The number of fused-ring (bicyclic) bond motifs is 3. The molecule has 3 aromatic rings. The van der Waals surface area contributed by atoms with Crippen molar-refractivity contribution >= 4 is 39.9 Å². The van der Waals surface area contributed by atoms with Crippen LogP contribution in [0.4, 0.5) is 5.69 Å². The van der Waals surface area contributed by atoms with Gasteiger partial charge in [-0.25, -0.2) is 0 Å². The molecule has 170 valence electrons. The van der Waals surface area contributed by atoms with Gasteiger partial charge in [-0.05, 0) is 54.5 Å². The number of benzene rings is 2. The van der Waals surface area contributed by atoms with Gasteiger partial charge >= 0.3 is 5.97 Å². The number of thiocarbonyl (C=S) groups is 1. The molecule has 1 aromatic heterocycles. The van der Waals surface area contributed by atoms with Crippen LogP contribution in [0.2, 0.25) is 0 Å². The molecule has 4 heterocycles. The van der Waals surface area contributed by atoms with E-state index in [-0.39, 0.29) is 18.1 Å². The van der Waals surface area contributed by atoms with E-state index < -0.39 is 18.1 Å². The molecule has 5 atom stereocenters. The van der Waals surface area contributed by atoms with Crippen LogP contribution >= 0.6 is 12.2 Å². The van der Waals surface area contributed by atoms with E-state index in [1.165, 1.54) is 5.39 Å². The Morgan fingerprint density at radius 2 is 1.91 bits per heavy atom. The number of rotatable bonds is 4. The maximum atomic E-state index is 12.7. The molecule has 7 nitrogen and oxygen atoms in total. The molecule has 2 aromatic carbocycles. The summed E-state index contributed by atoms with van der Waals surface area (Å²) in [5, 5.41) is 12.6. The lowest BCUT2D eigenvalue weighted by Crippen LogP contribution is -2.66. The number of ether oxygens (including phenoxy) is 2. The average Bonchev–Trinajstić information content (AvgIpc) is 3.30. The normalized spacial score (nSPS) is 28.4. The highest BCUT2D eigenvalue weighted by atomic mass is 32.1. The summed E-state index contributed by atoms with van der Waals surface area (Å²) in [6, 6.07) is 15.6. The van der Waals surface area contributed by atoms with Crippen molar-refractivity contribution < 1.29 is 19.4 Å². The fourth-order valence-electron chi connectivity index (χ4n) is 5.82. The van der Waals surface area contributed by atoms with Gasteiger partial charge in [-0.1, -0.05) is 18.2 Å². The number of methoxy groups -OCH3 is 1. The fraction of sp³-hybridized carbons (Fsp3) is 0.360. The Hall–Kier alpha value is -3.10. The molecule has 33 heavy (non-hydrogen) atoms. The van der Waals surface area contributed by atoms with Gasteiger partial charge in [0.2, 0.25) is 0 Å². The van der Waals surface area contributed by atoms with Gasteiger partial charge in [0.15, 0.2) is 5.11 Å². The number of para-hydroxylation sites is 1. The Bertz CT molecular complexity index is 1260. The number of hydrogen-bond acceptors (Lipinski definition) is 5. The second-order valence-electron chi connectivity index (χ2n) is 9.05. The van der Waals surface area contributed by atoms with E-state index in [1.54, 1.807) is 7.11 Å². The zero-order valence-corrected chi connectivity index (χ0v) is 19.2. The number of nitrogens with zero attached hydrogens (tertiary/aromatic N) is 3. The van der Waals surface area contributed by atoms with Gasteiger partial charge in [-0.3, -0.25) is 4.79 Å². The molecule has 1 N–H and O–H groups in total. The highest BCUT2D eigenvalue weighted by Gasteiger charge is 2.63. The lowest BCUT2D eigenvalue weighted by molar-refractivity contribution is -0.194. The van der Waals surface area contributed by atoms with Gasteiger partial charge in [0.05, 0.1) is 31.2 Å². The molecule has 3 aliphatic heterocycles. The van der Waals surface area contributed by atoms with E-state index in [1.807, 2.05) is 43.4 Å². The zero-order chi connectivity index (χ0) is 22.9. The molecular weight excluding hydrogens is 438 g/mol. The van der Waals surface area contributed by atoms with Crippen LogP contribution in [0.15, 0.2) is 54.7 Å². The predicted molar refractivity (Wildman–Crippen MR) is 128 cm³/mol. The van der Waals surface area contributed by atoms with Crippen molar-refractivity contribution in [2.24, 2.45) is 13.0 Å². The highest BCUT2D eigenvalue weighted by Crippen LogP contribution is 2.46. The van der Waals surface area contributed by atoms with Crippen LogP contribution in [0.1, 0.15) is 12.0 Å².